The van der Waals surface area contributed by atoms with Crippen LogP contribution in [-0.2, 0) is 6.54 Å². The molecule has 0 aliphatic rings. The molecule has 0 atom stereocenters. The molecule has 25 heavy (non-hydrogen) atoms. The number of fused-ring (bicyclic) bond motifs is 1. The lowest BCUT2D eigenvalue weighted by molar-refractivity contribution is 0.813. The molecule has 0 aliphatic heterocycles. The maximum atomic E-state index is 4.43. The summed E-state index contributed by atoms with van der Waals surface area (Å²) in [7, 11) is 0. The van der Waals surface area contributed by atoms with Gasteiger partial charge in [-0.1, -0.05) is 36.4 Å². The number of hydrogen-bond acceptors (Lipinski definition) is 6. The van der Waals surface area contributed by atoms with E-state index >= 15 is 0 Å². The van der Waals surface area contributed by atoms with Gasteiger partial charge in [0.2, 0.25) is 0 Å². The summed E-state index contributed by atoms with van der Waals surface area (Å²) in [6.07, 6.45) is 8.41. The molecule has 0 aliphatic carbocycles. The van der Waals surface area contributed by atoms with E-state index in [9.17, 15) is 0 Å². The number of aromatic nitrogens is 5. The SMILES string of the molecule is C(=NNc1ncnc2c1ncn2Cc1ccccc1)c1cccnc1. The van der Waals surface area contributed by atoms with Crippen LogP contribution in [0.5, 0.6) is 0 Å². The normalized spacial score (nSPS) is 11.2. The van der Waals surface area contributed by atoms with E-state index < -0.39 is 0 Å². The first-order chi connectivity index (χ1) is 12.4. The average molecular weight is 329 g/mol. The Balaban J connectivity index is 1.57. The Morgan fingerprint density at radius 1 is 1.04 bits per heavy atom. The summed E-state index contributed by atoms with van der Waals surface area (Å²) in [5, 5.41) is 4.20. The smallest absolute Gasteiger partial charge is 0.177 e. The van der Waals surface area contributed by atoms with Gasteiger partial charge >= 0.3 is 0 Å². The van der Waals surface area contributed by atoms with Crippen LogP contribution in [0.4, 0.5) is 5.82 Å². The first-order valence-electron chi connectivity index (χ1n) is 7.79. The summed E-state index contributed by atoms with van der Waals surface area (Å²) in [6.45, 7) is 0.701. The molecule has 1 aromatic carbocycles. The quantitative estimate of drug-likeness (QED) is 0.450. The largest absolute Gasteiger partial charge is 0.311 e. The Morgan fingerprint density at radius 3 is 2.80 bits per heavy atom. The highest BCUT2D eigenvalue weighted by Gasteiger charge is 2.09. The maximum Gasteiger partial charge on any atom is 0.177 e. The van der Waals surface area contributed by atoms with Crippen molar-refractivity contribution in [3.63, 3.8) is 0 Å². The van der Waals surface area contributed by atoms with Crippen molar-refractivity contribution in [1.29, 1.82) is 0 Å². The van der Waals surface area contributed by atoms with E-state index in [1.807, 2.05) is 34.9 Å². The van der Waals surface area contributed by atoms with Crippen molar-refractivity contribution in [2.45, 2.75) is 6.54 Å². The lowest BCUT2D eigenvalue weighted by atomic mass is 10.2. The van der Waals surface area contributed by atoms with Crippen LogP contribution in [0.1, 0.15) is 11.1 Å². The van der Waals surface area contributed by atoms with Crippen molar-refractivity contribution in [3.05, 3.63) is 78.6 Å². The predicted octanol–water partition coefficient (Wildman–Crippen LogP) is 2.72. The number of hydrazone groups is 1. The van der Waals surface area contributed by atoms with Crippen molar-refractivity contribution in [1.82, 2.24) is 24.5 Å². The molecule has 0 saturated carbocycles. The second kappa shape index (κ2) is 6.88. The molecule has 0 bridgehead atoms. The van der Waals surface area contributed by atoms with Crippen molar-refractivity contribution >= 4 is 23.2 Å². The highest BCUT2D eigenvalue weighted by atomic mass is 15.3. The van der Waals surface area contributed by atoms with Crippen LogP contribution in [0, 0.1) is 0 Å². The fourth-order valence-electron chi connectivity index (χ4n) is 2.48. The van der Waals surface area contributed by atoms with Crippen molar-refractivity contribution in [2.24, 2.45) is 5.10 Å². The molecule has 0 unspecified atom stereocenters. The zero-order valence-electron chi connectivity index (χ0n) is 13.3. The molecule has 122 valence electrons. The van der Waals surface area contributed by atoms with Gasteiger partial charge in [0, 0.05) is 18.0 Å². The Kier molecular flexibility index (Phi) is 4.11. The number of rotatable bonds is 5. The first kappa shape index (κ1) is 14.9. The number of pyridine rings is 1. The fraction of sp³-hybridized carbons (Fsp3) is 0.0556. The number of imidazole rings is 1. The Labute approximate surface area is 144 Å². The van der Waals surface area contributed by atoms with Crippen LogP contribution in [0.15, 0.2) is 72.6 Å². The van der Waals surface area contributed by atoms with Crippen molar-refractivity contribution < 1.29 is 0 Å². The van der Waals surface area contributed by atoms with Crippen LogP contribution in [0.25, 0.3) is 11.2 Å². The number of anilines is 1. The average Bonchev–Trinajstić information content (AvgIpc) is 3.07. The molecular formula is C18H15N7. The third-order valence-corrected chi connectivity index (χ3v) is 3.67. The summed E-state index contributed by atoms with van der Waals surface area (Å²) < 4.78 is 1.99. The highest BCUT2D eigenvalue weighted by molar-refractivity contribution is 5.84. The molecule has 3 heterocycles. The molecule has 0 saturated heterocycles. The van der Waals surface area contributed by atoms with Crippen LogP contribution >= 0.6 is 0 Å². The summed E-state index contributed by atoms with van der Waals surface area (Å²) >= 11 is 0. The van der Waals surface area contributed by atoms with E-state index in [0.717, 1.165) is 11.2 Å². The van der Waals surface area contributed by atoms with Crippen LogP contribution in [0.2, 0.25) is 0 Å². The van der Waals surface area contributed by atoms with Gasteiger partial charge in [-0.15, -0.1) is 0 Å². The Morgan fingerprint density at radius 2 is 1.96 bits per heavy atom. The Hall–Kier alpha value is -3.61. The van der Waals surface area contributed by atoms with Crippen molar-refractivity contribution in [3.8, 4) is 0 Å². The fourth-order valence-corrected chi connectivity index (χ4v) is 2.48. The molecule has 3 aromatic heterocycles. The van der Waals surface area contributed by atoms with Gasteiger partial charge in [0.25, 0.3) is 0 Å². The van der Waals surface area contributed by atoms with E-state index in [4.69, 9.17) is 0 Å². The zero-order valence-corrected chi connectivity index (χ0v) is 13.3. The Bertz CT molecular complexity index is 994. The number of hydrogen-bond donors (Lipinski definition) is 1. The summed E-state index contributed by atoms with van der Waals surface area (Å²) in [5.74, 6) is 0.567. The lowest BCUT2D eigenvalue weighted by Crippen LogP contribution is -2.00. The van der Waals surface area contributed by atoms with E-state index in [2.05, 4.69) is 42.6 Å². The summed E-state index contributed by atoms with van der Waals surface area (Å²) in [6, 6.07) is 14.0. The molecule has 0 amide bonds. The minimum atomic E-state index is 0.567. The summed E-state index contributed by atoms with van der Waals surface area (Å²) in [5.41, 5.74) is 6.46. The standard InChI is InChI=1S/C18H15N7/c1-2-5-14(6-3-1)11-25-13-22-16-17(20-12-21-18(16)25)24-23-10-15-7-4-8-19-9-15/h1-10,12-13H,11H2,(H,20,21,24). The lowest BCUT2D eigenvalue weighted by Gasteiger charge is -2.04. The van der Waals surface area contributed by atoms with Gasteiger partial charge in [-0.3, -0.25) is 10.4 Å². The third-order valence-electron chi connectivity index (χ3n) is 3.67. The monoisotopic (exact) mass is 329 g/mol. The van der Waals surface area contributed by atoms with Gasteiger partial charge in [-0.05, 0) is 11.6 Å². The second-order valence-corrected chi connectivity index (χ2v) is 5.41. The molecule has 7 heteroatoms. The van der Waals surface area contributed by atoms with E-state index in [0.29, 0.717) is 17.9 Å². The first-order valence-corrected chi connectivity index (χ1v) is 7.79. The minimum absolute atomic E-state index is 0.567. The minimum Gasteiger partial charge on any atom is -0.311 e. The van der Waals surface area contributed by atoms with Gasteiger partial charge < -0.3 is 4.57 Å². The molecule has 7 nitrogen and oxygen atoms in total. The molecule has 0 radical (unpaired) electrons. The number of nitrogens with zero attached hydrogens (tertiary/aromatic N) is 6. The van der Waals surface area contributed by atoms with E-state index in [1.54, 1.807) is 24.9 Å². The predicted molar refractivity (Wildman–Crippen MR) is 96.3 cm³/mol. The number of nitrogens with one attached hydrogen (secondary N) is 1. The van der Waals surface area contributed by atoms with Gasteiger partial charge in [0.1, 0.15) is 6.33 Å². The molecule has 4 rings (SSSR count). The number of benzene rings is 1. The van der Waals surface area contributed by atoms with E-state index in [1.165, 1.54) is 11.9 Å². The second-order valence-electron chi connectivity index (χ2n) is 5.41. The topological polar surface area (TPSA) is 80.9 Å². The van der Waals surface area contributed by atoms with Crippen LogP contribution in [-0.4, -0.2) is 30.7 Å². The van der Waals surface area contributed by atoms with Crippen molar-refractivity contribution in [2.75, 3.05) is 5.43 Å². The highest BCUT2D eigenvalue weighted by Crippen LogP contribution is 2.18. The summed E-state index contributed by atoms with van der Waals surface area (Å²) in [4.78, 5) is 17.1. The third kappa shape index (κ3) is 3.35. The van der Waals surface area contributed by atoms with Crippen LogP contribution in [0.3, 0.4) is 0 Å². The van der Waals surface area contributed by atoms with Gasteiger partial charge in [0.05, 0.1) is 19.1 Å². The van der Waals surface area contributed by atoms with Crippen LogP contribution < -0.4 is 5.43 Å². The maximum absolute atomic E-state index is 4.43. The molecule has 1 N–H and O–H groups in total. The van der Waals surface area contributed by atoms with Gasteiger partial charge in [-0.2, -0.15) is 5.10 Å². The molecule has 0 fully saturated rings. The van der Waals surface area contributed by atoms with Gasteiger partial charge in [-0.25, -0.2) is 15.0 Å². The zero-order chi connectivity index (χ0) is 16.9. The molecule has 0 spiro atoms. The molecular weight excluding hydrogens is 314 g/mol. The van der Waals surface area contributed by atoms with E-state index in [-0.39, 0.29) is 0 Å². The molecule has 4 aromatic rings. The van der Waals surface area contributed by atoms with Gasteiger partial charge in [0.15, 0.2) is 17.0 Å².